The molecule has 18 heavy (non-hydrogen) atoms. The van der Waals surface area contributed by atoms with Crippen molar-refractivity contribution in [1.82, 2.24) is 4.98 Å². The fourth-order valence-electron chi connectivity index (χ4n) is 1.97. The van der Waals surface area contributed by atoms with Gasteiger partial charge in [0.1, 0.15) is 5.56 Å². The molecule has 0 atom stereocenters. The molecule has 0 aliphatic carbocycles. The molecule has 6 nitrogen and oxygen atoms in total. The number of aromatic carboxylic acids is 1. The predicted molar refractivity (Wildman–Crippen MR) is 61.4 cm³/mol. The number of fused-ring (bicyclic) bond motifs is 2. The number of H-pyrrole nitrogens is 1. The maximum Gasteiger partial charge on any atom is 0.335 e. The molecule has 1 aliphatic heterocycles. The highest BCUT2D eigenvalue weighted by atomic mass is 16.5. The van der Waals surface area contributed by atoms with Crippen molar-refractivity contribution in [1.29, 1.82) is 0 Å². The SMILES string of the molecule is O=C(O)c1ccc2[nH]c3c(c(=O)c2c1)C(=O)CO3. The summed E-state index contributed by atoms with van der Waals surface area (Å²) in [5.41, 5.74) is -0.0906. The third-order valence-corrected chi connectivity index (χ3v) is 2.84. The summed E-state index contributed by atoms with van der Waals surface area (Å²) in [5, 5.41) is 9.05. The molecule has 0 saturated heterocycles. The van der Waals surface area contributed by atoms with Crippen molar-refractivity contribution in [3.63, 3.8) is 0 Å². The van der Waals surface area contributed by atoms with Gasteiger partial charge in [-0.1, -0.05) is 0 Å². The molecule has 90 valence electrons. The van der Waals surface area contributed by atoms with Gasteiger partial charge >= 0.3 is 5.97 Å². The molecule has 2 heterocycles. The number of carboxylic acids is 1. The molecule has 1 aromatic carbocycles. The summed E-state index contributed by atoms with van der Waals surface area (Å²) in [6, 6.07) is 4.11. The number of aromatic amines is 1. The highest BCUT2D eigenvalue weighted by Crippen LogP contribution is 2.23. The Morgan fingerprint density at radius 3 is 2.83 bits per heavy atom. The Balaban J connectivity index is 2.40. The second-order valence-corrected chi connectivity index (χ2v) is 3.94. The smallest absolute Gasteiger partial charge is 0.335 e. The molecule has 0 saturated carbocycles. The van der Waals surface area contributed by atoms with Crippen LogP contribution in [0.25, 0.3) is 10.9 Å². The van der Waals surface area contributed by atoms with Gasteiger partial charge < -0.3 is 14.8 Å². The summed E-state index contributed by atoms with van der Waals surface area (Å²) in [5.74, 6) is -1.37. The van der Waals surface area contributed by atoms with E-state index in [9.17, 15) is 14.4 Å². The van der Waals surface area contributed by atoms with Gasteiger partial charge in [0, 0.05) is 5.39 Å². The Labute approximate surface area is 99.8 Å². The average Bonchev–Trinajstić information content (AvgIpc) is 2.71. The number of benzene rings is 1. The van der Waals surface area contributed by atoms with Gasteiger partial charge in [-0.05, 0) is 18.2 Å². The number of ether oxygens (including phenoxy) is 1. The van der Waals surface area contributed by atoms with E-state index in [-0.39, 0.29) is 29.0 Å². The van der Waals surface area contributed by atoms with Crippen LogP contribution < -0.4 is 10.2 Å². The van der Waals surface area contributed by atoms with Crippen LogP contribution in [-0.2, 0) is 0 Å². The third kappa shape index (κ3) is 1.32. The van der Waals surface area contributed by atoms with Crippen molar-refractivity contribution in [3.8, 4) is 5.88 Å². The topological polar surface area (TPSA) is 96.5 Å². The summed E-state index contributed by atoms with van der Waals surface area (Å²) in [7, 11) is 0. The lowest BCUT2D eigenvalue weighted by atomic mass is 10.1. The highest BCUT2D eigenvalue weighted by molar-refractivity contribution is 6.04. The average molecular weight is 245 g/mol. The van der Waals surface area contributed by atoms with E-state index in [0.717, 1.165) is 0 Å². The number of pyridine rings is 1. The summed E-state index contributed by atoms with van der Waals surface area (Å²) < 4.78 is 5.06. The maximum absolute atomic E-state index is 12.1. The first kappa shape index (κ1) is 10.5. The van der Waals surface area contributed by atoms with Gasteiger partial charge in [-0.25, -0.2) is 4.79 Å². The Morgan fingerprint density at radius 2 is 2.11 bits per heavy atom. The molecule has 3 rings (SSSR count). The van der Waals surface area contributed by atoms with Crippen LogP contribution in [0.1, 0.15) is 20.7 Å². The number of ketones is 1. The molecular formula is C12H7NO5. The first-order valence-electron chi connectivity index (χ1n) is 5.17. The number of hydrogen-bond donors (Lipinski definition) is 2. The molecule has 0 unspecified atom stereocenters. The van der Waals surface area contributed by atoms with E-state index in [4.69, 9.17) is 9.84 Å². The van der Waals surface area contributed by atoms with Crippen LogP contribution in [0.3, 0.4) is 0 Å². The molecule has 1 aliphatic rings. The lowest BCUT2D eigenvalue weighted by Gasteiger charge is -2.03. The van der Waals surface area contributed by atoms with Crippen molar-refractivity contribution in [2.24, 2.45) is 0 Å². The number of nitrogens with one attached hydrogen (secondary N) is 1. The van der Waals surface area contributed by atoms with Crippen LogP contribution in [-0.4, -0.2) is 28.4 Å². The molecule has 1 aromatic heterocycles. The number of carbonyl (C=O) groups excluding carboxylic acids is 1. The molecule has 2 N–H and O–H groups in total. The molecule has 0 radical (unpaired) electrons. The lowest BCUT2D eigenvalue weighted by molar-refractivity contribution is 0.0697. The molecule has 0 fully saturated rings. The van der Waals surface area contributed by atoms with Crippen molar-refractivity contribution < 1.29 is 19.4 Å². The summed E-state index contributed by atoms with van der Waals surface area (Å²) in [6.07, 6.45) is 0. The highest BCUT2D eigenvalue weighted by Gasteiger charge is 2.26. The van der Waals surface area contributed by atoms with Crippen LogP contribution in [0.2, 0.25) is 0 Å². The Bertz CT molecular complexity index is 759. The number of carbonyl (C=O) groups is 2. The second kappa shape index (κ2) is 3.43. The summed E-state index contributed by atoms with van der Waals surface area (Å²) in [4.78, 5) is 37.2. The monoisotopic (exact) mass is 245 g/mol. The Hall–Kier alpha value is -2.63. The van der Waals surface area contributed by atoms with Crippen molar-refractivity contribution >= 4 is 22.7 Å². The standard InChI is InChI=1S/C12H7NO5/c14-8-4-18-11-9(8)10(15)6-3-5(12(16)17)1-2-7(6)13-11/h1-3H,4H2,(H,13,15)(H,16,17). The van der Waals surface area contributed by atoms with Crippen molar-refractivity contribution in [2.45, 2.75) is 0 Å². The minimum absolute atomic E-state index is 0.000635. The van der Waals surface area contributed by atoms with E-state index < -0.39 is 17.2 Å². The number of rotatable bonds is 1. The lowest BCUT2D eigenvalue weighted by Crippen LogP contribution is -2.13. The van der Waals surface area contributed by atoms with Gasteiger partial charge in [0.2, 0.25) is 17.1 Å². The predicted octanol–water partition coefficient (Wildman–Crippen LogP) is 0.801. The van der Waals surface area contributed by atoms with E-state index >= 15 is 0 Å². The zero-order valence-electron chi connectivity index (χ0n) is 9.02. The molecule has 2 aromatic rings. The fourth-order valence-corrected chi connectivity index (χ4v) is 1.97. The van der Waals surface area contributed by atoms with Crippen LogP contribution >= 0.6 is 0 Å². The van der Waals surface area contributed by atoms with E-state index in [1.54, 1.807) is 0 Å². The van der Waals surface area contributed by atoms with Gasteiger partial charge in [0.25, 0.3) is 0 Å². The largest absolute Gasteiger partial charge is 0.478 e. The van der Waals surface area contributed by atoms with Gasteiger partial charge in [-0.2, -0.15) is 0 Å². The van der Waals surface area contributed by atoms with Gasteiger partial charge in [0.15, 0.2) is 6.61 Å². The summed E-state index contributed by atoms with van der Waals surface area (Å²) >= 11 is 0. The van der Waals surface area contributed by atoms with E-state index in [1.807, 2.05) is 0 Å². The third-order valence-electron chi connectivity index (χ3n) is 2.84. The maximum atomic E-state index is 12.1. The van der Waals surface area contributed by atoms with E-state index in [1.165, 1.54) is 18.2 Å². The number of aromatic nitrogens is 1. The second-order valence-electron chi connectivity index (χ2n) is 3.94. The molecule has 0 spiro atoms. The first-order chi connectivity index (χ1) is 8.58. The zero-order valence-corrected chi connectivity index (χ0v) is 9.02. The molecule has 0 amide bonds. The van der Waals surface area contributed by atoms with Gasteiger partial charge in [-0.3, -0.25) is 9.59 Å². The fraction of sp³-hybridized carbons (Fsp3) is 0.0833. The quantitative estimate of drug-likeness (QED) is 0.774. The van der Waals surface area contributed by atoms with Crippen molar-refractivity contribution in [3.05, 3.63) is 39.5 Å². The van der Waals surface area contributed by atoms with Crippen molar-refractivity contribution in [2.75, 3.05) is 6.61 Å². The van der Waals surface area contributed by atoms with Crippen LogP contribution in [0, 0.1) is 0 Å². The van der Waals surface area contributed by atoms with E-state index in [2.05, 4.69) is 4.98 Å². The summed E-state index contributed by atoms with van der Waals surface area (Å²) in [6.45, 7) is -0.164. The normalized spacial score (nSPS) is 13.4. The van der Waals surface area contributed by atoms with Crippen LogP contribution in [0.5, 0.6) is 5.88 Å². The molecule has 6 heteroatoms. The van der Waals surface area contributed by atoms with Gasteiger partial charge in [0.05, 0.1) is 11.1 Å². The Morgan fingerprint density at radius 1 is 1.33 bits per heavy atom. The minimum atomic E-state index is -1.13. The molecule has 0 bridgehead atoms. The van der Waals surface area contributed by atoms with Crippen LogP contribution in [0.4, 0.5) is 0 Å². The number of carboxylic acid groups (broad SMARTS) is 1. The Kier molecular flexibility index (Phi) is 2.00. The zero-order chi connectivity index (χ0) is 12.9. The number of Topliss-reactive ketones (excluding diaryl/α,β-unsaturated/α-hetero) is 1. The van der Waals surface area contributed by atoms with Crippen LogP contribution in [0.15, 0.2) is 23.0 Å². The number of hydrogen-bond acceptors (Lipinski definition) is 4. The minimum Gasteiger partial charge on any atom is -0.478 e. The van der Waals surface area contributed by atoms with E-state index in [0.29, 0.717) is 5.52 Å². The molecular weight excluding hydrogens is 238 g/mol. The van der Waals surface area contributed by atoms with Gasteiger partial charge in [-0.15, -0.1) is 0 Å². The first-order valence-corrected chi connectivity index (χ1v) is 5.17.